The first-order valence-electron chi connectivity index (χ1n) is 9.18. The number of hydrazine groups is 1. The van der Waals surface area contributed by atoms with Crippen LogP contribution in [0.3, 0.4) is 0 Å². The SMILES string of the molecule is CC1CCC2(CC1)NC(=O)N(NC(=O)CN(C)Cc1ccc(Cl)cc1)C2=O. The minimum absolute atomic E-state index is 0.0592. The van der Waals surface area contributed by atoms with E-state index in [1.165, 1.54) is 0 Å². The van der Waals surface area contributed by atoms with Gasteiger partial charge in [0.2, 0.25) is 0 Å². The van der Waals surface area contributed by atoms with Gasteiger partial charge in [0, 0.05) is 11.6 Å². The number of amides is 4. The molecule has 1 saturated heterocycles. The van der Waals surface area contributed by atoms with Crippen molar-refractivity contribution >= 4 is 29.4 Å². The van der Waals surface area contributed by atoms with Crippen molar-refractivity contribution in [2.75, 3.05) is 13.6 Å². The molecule has 0 aromatic heterocycles. The Morgan fingerprint density at radius 3 is 2.56 bits per heavy atom. The van der Waals surface area contributed by atoms with Gasteiger partial charge in [-0.15, -0.1) is 0 Å². The van der Waals surface area contributed by atoms with Crippen LogP contribution in [-0.2, 0) is 16.1 Å². The van der Waals surface area contributed by atoms with Crippen LogP contribution in [-0.4, -0.2) is 46.9 Å². The number of benzene rings is 1. The second kappa shape index (κ2) is 7.86. The molecule has 3 rings (SSSR count). The zero-order chi connectivity index (χ0) is 19.6. The highest BCUT2D eigenvalue weighted by molar-refractivity contribution is 6.30. The monoisotopic (exact) mass is 392 g/mol. The maximum atomic E-state index is 12.7. The van der Waals surface area contributed by atoms with Crippen molar-refractivity contribution in [3.63, 3.8) is 0 Å². The molecule has 0 bridgehead atoms. The summed E-state index contributed by atoms with van der Waals surface area (Å²) in [5, 5.41) is 4.29. The second-order valence-corrected chi connectivity index (χ2v) is 8.11. The van der Waals surface area contributed by atoms with Crippen LogP contribution in [0.25, 0.3) is 0 Å². The molecule has 146 valence electrons. The average molecular weight is 393 g/mol. The summed E-state index contributed by atoms with van der Waals surface area (Å²) in [6, 6.07) is 6.82. The number of likely N-dealkylation sites (N-methyl/N-ethyl adjacent to an activating group) is 1. The molecule has 1 heterocycles. The number of hydrogen-bond donors (Lipinski definition) is 2. The van der Waals surface area contributed by atoms with Crippen molar-refractivity contribution in [3.05, 3.63) is 34.9 Å². The highest BCUT2D eigenvalue weighted by atomic mass is 35.5. The largest absolute Gasteiger partial charge is 0.344 e. The Morgan fingerprint density at radius 1 is 1.30 bits per heavy atom. The summed E-state index contributed by atoms with van der Waals surface area (Å²) < 4.78 is 0. The van der Waals surface area contributed by atoms with Gasteiger partial charge in [0.15, 0.2) is 0 Å². The van der Waals surface area contributed by atoms with Crippen LogP contribution in [0, 0.1) is 5.92 Å². The number of carbonyl (C=O) groups is 3. The van der Waals surface area contributed by atoms with Gasteiger partial charge in [0.1, 0.15) is 5.54 Å². The van der Waals surface area contributed by atoms with Crippen LogP contribution in [0.2, 0.25) is 5.02 Å². The van der Waals surface area contributed by atoms with Crippen molar-refractivity contribution in [2.24, 2.45) is 5.92 Å². The van der Waals surface area contributed by atoms with Crippen LogP contribution in [0.4, 0.5) is 4.79 Å². The maximum absolute atomic E-state index is 12.7. The first-order valence-corrected chi connectivity index (χ1v) is 9.56. The Kier molecular flexibility index (Phi) is 5.72. The van der Waals surface area contributed by atoms with E-state index in [-0.39, 0.29) is 12.5 Å². The first kappa shape index (κ1) is 19.6. The van der Waals surface area contributed by atoms with Crippen molar-refractivity contribution in [1.82, 2.24) is 20.7 Å². The van der Waals surface area contributed by atoms with E-state index >= 15 is 0 Å². The van der Waals surface area contributed by atoms with E-state index in [9.17, 15) is 14.4 Å². The highest BCUT2D eigenvalue weighted by Gasteiger charge is 2.52. The summed E-state index contributed by atoms with van der Waals surface area (Å²) in [4.78, 5) is 39.1. The molecule has 2 N–H and O–H groups in total. The molecule has 27 heavy (non-hydrogen) atoms. The number of urea groups is 1. The molecular formula is C19H25ClN4O3. The maximum Gasteiger partial charge on any atom is 0.344 e. The van der Waals surface area contributed by atoms with Crippen LogP contribution in [0.5, 0.6) is 0 Å². The third-order valence-electron chi connectivity index (χ3n) is 5.31. The van der Waals surface area contributed by atoms with Gasteiger partial charge in [-0.3, -0.25) is 19.9 Å². The van der Waals surface area contributed by atoms with E-state index in [0.717, 1.165) is 23.4 Å². The van der Waals surface area contributed by atoms with Gasteiger partial charge in [-0.05, 0) is 56.3 Å². The smallest absolute Gasteiger partial charge is 0.322 e. The Bertz CT molecular complexity index is 729. The molecule has 1 aliphatic carbocycles. The number of hydrogen-bond acceptors (Lipinski definition) is 4. The van der Waals surface area contributed by atoms with Crippen molar-refractivity contribution < 1.29 is 14.4 Å². The van der Waals surface area contributed by atoms with Gasteiger partial charge >= 0.3 is 6.03 Å². The number of carbonyl (C=O) groups excluding carboxylic acids is 3. The van der Waals surface area contributed by atoms with Gasteiger partial charge in [-0.1, -0.05) is 30.7 Å². The van der Waals surface area contributed by atoms with Gasteiger partial charge in [-0.2, -0.15) is 5.01 Å². The minimum Gasteiger partial charge on any atom is -0.322 e. The zero-order valence-electron chi connectivity index (χ0n) is 15.6. The number of imide groups is 1. The minimum atomic E-state index is -0.855. The lowest BCUT2D eigenvalue weighted by molar-refractivity contribution is -0.140. The van der Waals surface area contributed by atoms with E-state index in [0.29, 0.717) is 30.3 Å². The lowest BCUT2D eigenvalue weighted by Crippen LogP contribution is -2.52. The third kappa shape index (κ3) is 4.42. The average Bonchev–Trinajstić information content (AvgIpc) is 2.84. The van der Waals surface area contributed by atoms with Crippen molar-refractivity contribution in [2.45, 2.75) is 44.7 Å². The predicted molar refractivity (Wildman–Crippen MR) is 102 cm³/mol. The predicted octanol–water partition coefficient (Wildman–Crippen LogP) is 2.30. The van der Waals surface area contributed by atoms with Gasteiger partial charge < -0.3 is 5.32 Å². The zero-order valence-corrected chi connectivity index (χ0v) is 16.4. The Morgan fingerprint density at radius 2 is 1.93 bits per heavy atom. The fourth-order valence-corrected chi connectivity index (χ4v) is 3.80. The summed E-state index contributed by atoms with van der Waals surface area (Å²) in [6.07, 6.45) is 3.00. The van der Waals surface area contributed by atoms with E-state index in [1.807, 2.05) is 12.1 Å². The van der Waals surface area contributed by atoms with Gasteiger partial charge in [-0.25, -0.2) is 4.79 Å². The molecule has 4 amide bonds. The van der Waals surface area contributed by atoms with Gasteiger partial charge in [0.25, 0.3) is 11.8 Å². The fourth-order valence-electron chi connectivity index (χ4n) is 3.68. The standard InChI is InChI=1S/C19H25ClN4O3/c1-13-7-9-19(10-8-13)17(26)24(18(27)21-19)22-16(25)12-23(2)11-14-3-5-15(20)6-4-14/h3-6,13H,7-12H2,1-2H3,(H,21,27)(H,22,25). The molecule has 1 spiro atoms. The summed E-state index contributed by atoms with van der Waals surface area (Å²) in [7, 11) is 1.80. The number of nitrogens with one attached hydrogen (secondary N) is 2. The van der Waals surface area contributed by atoms with Crippen molar-refractivity contribution in [1.29, 1.82) is 0 Å². The normalized spacial score (nSPS) is 25.2. The summed E-state index contributed by atoms with van der Waals surface area (Å²) >= 11 is 5.87. The van der Waals surface area contributed by atoms with E-state index in [1.54, 1.807) is 24.1 Å². The highest BCUT2D eigenvalue weighted by Crippen LogP contribution is 2.35. The molecule has 0 radical (unpaired) electrons. The molecule has 2 aliphatic rings. The lowest BCUT2D eigenvalue weighted by Gasteiger charge is -2.33. The summed E-state index contributed by atoms with van der Waals surface area (Å²) in [5.74, 6) is -0.213. The quantitative estimate of drug-likeness (QED) is 0.753. The summed E-state index contributed by atoms with van der Waals surface area (Å²) in [6.45, 7) is 2.75. The molecule has 8 heteroatoms. The molecule has 1 aromatic rings. The Labute approximate surface area is 164 Å². The number of rotatable bonds is 5. The first-order chi connectivity index (χ1) is 12.8. The molecule has 0 atom stereocenters. The van der Waals surface area contributed by atoms with E-state index < -0.39 is 17.5 Å². The van der Waals surface area contributed by atoms with Crippen LogP contribution in [0.1, 0.15) is 38.2 Å². The van der Waals surface area contributed by atoms with E-state index in [4.69, 9.17) is 11.6 Å². The third-order valence-corrected chi connectivity index (χ3v) is 5.56. The lowest BCUT2D eigenvalue weighted by atomic mass is 9.77. The molecule has 7 nitrogen and oxygen atoms in total. The molecule has 1 aliphatic heterocycles. The van der Waals surface area contributed by atoms with Crippen LogP contribution < -0.4 is 10.7 Å². The molecule has 2 fully saturated rings. The topological polar surface area (TPSA) is 81.8 Å². The van der Waals surface area contributed by atoms with Gasteiger partial charge in [0.05, 0.1) is 6.54 Å². The fraction of sp³-hybridized carbons (Fsp3) is 0.526. The summed E-state index contributed by atoms with van der Waals surface area (Å²) in [5.41, 5.74) is 2.62. The molecule has 0 unspecified atom stereocenters. The Hall–Kier alpha value is -2.12. The second-order valence-electron chi connectivity index (χ2n) is 7.67. The molecular weight excluding hydrogens is 368 g/mol. The van der Waals surface area contributed by atoms with Crippen LogP contribution >= 0.6 is 11.6 Å². The molecule has 1 aromatic carbocycles. The number of nitrogens with zero attached hydrogens (tertiary/aromatic N) is 2. The van der Waals surface area contributed by atoms with E-state index in [2.05, 4.69) is 17.7 Å². The molecule has 1 saturated carbocycles. The Balaban J connectivity index is 1.55. The number of halogens is 1. The van der Waals surface area contributed by atoms with Crippen LogP contribution in [0.15, 0.2) is 24.3 Å². The van der Waals surface area contributed by atoms with Crippen molar-refractivity contribution in [3.8, 4) is 0 Å².